The smallest absolute Gasteiger partial charge is 0.230 e. The fourth-order valence-corrected chi connectivity index (χ4v) is 3.80. The Labute approximate surface area is 188 Å². The number of nitrogens with one attached hydrogen (secondary N) is 1. The lowest BCUT2D eigenvalue weighted by atomic mass is 10.2. The van der Waals surface area contributed by atoms with E-state index >= 15 is 0 Å². The second-order valence-corrected chi connectivity index (χ2v) is 7.83. The van der Waals surface area contributed by atoms with E-state index in [-0.39, 0.29) is 17.5 Å². The molecule has 1 amide bonds. The quantitative estimate of drug-likeness (QED) is 0.385. The third-order valence-electron chi connectivity index (χ3n) is 4.69. The van der Waals surface area contributed by atoms with Crippen LogP contribution >= 0.6 is 11.8 Å². The van der Waals surface area contributed by atoms with Crippen LogP contribution < -0.4 is 10.1 Å². The minimum Gasteiger partial charge on any atom is -0.497 e. The summed E-state index contributed by atoms with van der Waals surface area (Å²) < 4.78 is 25.7. The van der Waals surface area contributed by atoms with Crippen LogP contribution in [0.3, 0.4) is 0 Å². The summed E-state index contributed by atoms with van der Waals surface area (Å²) in [4.78, 5) is 12.3. The van der Waals surface area contributed by atoms with E-state index < -0.39 is 0 Å². The van der Waals surface area contributed by atoms with E-state index in [4.69, 9.17) is 9.15 Å². The van der Waals surface area contributed by atoms with E-state index in [1.165, 1.54) is 23.9 Å². The van der Waals surface area contributed by atoms with Gasteiger partial charge < -0.3 is 14.5 Å². The third kappa shape index (κ3) is 5.36. The molecular weight excluding hydrogens is 431 g/mol. The van der Waals surface area contributed by atoms with Gasteiger partial charge in [0.2, 0.25) is 5.91 Å². The van der Waals surface area contributed by atoms with Crippen molar-refractivity contribution in [2.75, 3.05) is 12.9 Å². The van der Waals surface area contributed by atoms with Gasteiger partial charge in [-0.2, -0.15) is 0 Å². The summed E-state index contributed by atoms with van der Waals surface area (Å²) >= 11 is 1.29. The molecule has 7 nitrogen and oxygen atoms in total. The zero-order valence-corrected chi connectivity index (χ0v) is 18.1. The van der Waals surface area contributed by atoms with Crippen molar-refractivity contribution < 1.29 is 18.3 Å². The van der Waals surface area contributed by atoms with Gasteiger partial charge in [0.25, 0.3) is 0 Å². The van der Waals surface area contributed by atoms with Gasteiger partial charge in [-0.25, -0.2) is 4.39 Å². The number of nitrogens with zero attached hydrogens (tertiary/aromatic N) is 3. The zero-order chi connectivity index (χ0) is 22.3. The highest BCUT2D eigenvalue weighted by molar-refractivity contribution is 7.99. The molecule has 0 saturated heterocycles. The Balaban J connectivity index is 1.46. The van der Waals surface area contributed by atoms with Gasteiger partial charge in [-0.3, -0.25) is 9.36 Å². The van der Waals surface area contributed by atoms with Gasteiger partial charge in [-0.05, 0) is 54.1 Å². The summed E-state index contributed by atoms with van der Waals surface area (Å²) in [5.41, 5.74) is 1.70. The number of carbonyl (C=O) groups excluding carboxylic acids is 1. The average molecular weight is 453 g/mol. The SMILES string of the molecule is COc1ccc(-c2nnc(SCC(=O)NCc3ccc(F)cc3)n2Cc2ccco2)cc1. The normalized spacial score (nSPS) is 10.8. The van der Waals surface area contributed by atoms with Gasteiger partial charge in [0.15, 0.2) is 11.0 Å². The number of halogens is 1. The Morgan fingerprint density at radius 2 is 1.91 bits per heavy atom. The summed E-state index contributed by atoms with van der Waals surface area (Å²) in [6.45, 7) is 0.761. The molecular formula is C23H21FN4O3S. The molecule has 0 unspecified atom stereocenters. The monoisotopic (exact) mass is 452 g/mol. The first-order valence-corrected chi connectivity index (χ1v) is 10.8. The zero-order valence-electron chi connectivity index (χ0n) is 17.3. The molecule has 0 saturated carbocycles. The molecule has 32 heavy (non-hydrogen) atoms. The minimum absolute atomic E-state index is 0.155. The van der Waals surface area contributed by atoms with Gasteiger partial charge >= 0.3 is 0 Å². The van der Waals surface area contributed by atoms with Crippen molar-refractivity contribution in [3.63, 3.8) is 0 Å². The number of rotatable bonds is 9. The standard InChI is InChI=1S/C23H21FN4O3S/c1-30-19-10-6-17(7-11-19)22-26-27-23(28(22)14-20-3-2-12-31-20)32-15-21(29)25-13-16-4-8-18(24)9-5-16/h2-12H,13-15H2,1H3,(H,25,29). The molecule has 4 aromatic rings. The van der Waals surface area contributed by atoms with Crippen molar-refractivity contribution in [3.05, 3.63) is 84.1 Å². The van der Waals surface area contributed by atoms with Gasteiger partial charge in [0, 0.05) is 12.1 Å². The van der Waals surface area contributed by atoms with Gasteiger partial charge in [0.05, 0.1) is 25.7 Å². The van der Waals surface area contributed by atoms with Crippen LogP contribution in [0.4, 0.5) is 4.39 Å². The molecule has 0 fully saturated rings. The topological polar surface area (TPSA) is 82.2 Å². The fourth-order valence-electron chi connectivity index (χ4n) is 3.03. The van der Waals surface area contributed by atoms with E-state index in [1.54, 1.807) is 25.5 Å². The first-order valence-electron chi connectivity index (χ1n) is 9.86. The second-order valence-electron chi connectivity index (χ2n) is 6.89. The molecule has 0 aliphatic heterocycles. The molecule has 0 radical (unpaired) electrons. The van der Waals surface area contributed by atoms with E-state index in [0.717, 1.165) is 22.6 Å². The van der Waals surface area contributed by atoms with Crippen LogP contribution in [-0.2, 0) is 17.9 Å². The maximum Gasteiger partial charge on any atom is 0.230 e. The van der Waals surface area contributed by atoms with Crippen LogP contribution in [0, 0.1) is 5.82 Å². The van der Waals surface area contributed by atoms with Crippen LogP contribution in [0.15, 0.2) is 76.5 Å². The highest BCUT2D eigenvalue weighted by atomic mass is 32.2. The number of aromatic nitrogens is 3. The summed E-state index contributed by atoms with van der Waals surface area (Å²) in [6.07, 6.45) is 1.61. The average Bonchev–Trinajstić information content (AvgIpc) is 3.48. The van der Waals surface area contributed by atoms with E-state index in [1.807, 2.05) is 41.0 Å². The van der Waals surface area contributed by atoms with E-state index in [2.05, 4.69) is 15.5 Å². The Bertz CT molecular complexity index is 1160. The number of carbonyl (C=O) groups is 1. The predicted molar refractivity (Wildman–Crippen MR) is 119 cm³/mol. The van der Waals surface area contributed by atoms with Crippen molar-refractivity contribution in [3.8, 4) is 17.1 Å². The summed E-state index contributed by atoms with van der Waals surface area (Å²) in [7, 11) is 1.62. The maximum atomic E-state index is 13.0. The molecule has 0 atom stereocenters. The number of furan rings is 1. The molecule has 164 valence electrons. The summed E-state index contributed by atoms with van der Waals surface area (Å²) in [6, 6.07) is 17.3. The van der Waals surface area contributed by atoms with Crippen molar-refractivity contribution >= 4 is 17.7 Å². The highest BCUT2D eigenvalue weighted by Crippen LogP contribution is 2.26. The fraction of sp³-hybridized carbons (Fsp3) is 0.174. The Morgan fingerprint density at radius 3 is 2.59 bits per heavy atom. The number of thioether (sulfide) groups is 1. The summed E-state index contributed by atoms with van der Waals surface area (Å²) in [5, 5.41) is 12.1. The number of hydrogen-bond acceptors (Lipinski definition) is 6. The van der Waals surface area contributed by atoms with Crippen LogP contribution in [0.1, 0.15) is 11.3 Å². The lowest BCUT2D eigenvalue weighted by molar-refractivity contribution is -0.118. The lowest BCUT2D eigenvalue weighted by Gasteiger charge is -2.10. The van der Waals surface area contributed by atoms with Crippen molar-refractivity contribution in [1.29, 1.82) is 0 Å². The Kier molecular flexibility index (Phi) is 6.86. The van der Waals surface area contributed by atoms with Gasteiger partial charge in [-0.15, -0.1) is 10.2 Å². The third-order valence-corrected chi connectivity index (χ3v) is 5.66. The molecule has 1 N–H and O–H groups in total. The maximum absolute atomic E-state index is 13.0. The predicted octanol–water partition coefficient (Wildman–Crippen LogP) is 4.14. The van der Waals surface area contributed by atoms with Crippen molar-refractivity contribution in [2.45, 2.75) is 18.2 Å². The van der Waals surface area contributed by atoms with E-state index in [0.29, 0.717) is 24.1 Å². The van der Waals surface area contributed by atoms with Crippen molar-refractivity contribution in [1.82, 2.24) is 20.1 Å². The van der Waals surface area contributed by atoms with Crippen LogP contribution in [0.2, 0.25) is 0 Å². The Morgan fingerprint density at radius 1 is 1.12 bits per heavy atom. The van der Waals surface area contributed by atoms with Crippen LogP contribution in [0.5, 0.6) is 5.75 Å². The first kappa shape index (κ1) is 21.6. The van der Waals surface area contributed by atoms with Gasteiger partial charge in [0.1, 0.15) is 17.3 Å². The molecule has 0 aliphatic carbocycles. The number of ether oxygens (including phenoxy) is 1. The van der Waals surface area contributed by atoms with Crippen molar-refractivity contribution in [2.24, 2.45) is 0 Å². The molecule has 4 rings (SSSR count). The molecule has 0 aliphatic rings. The first-order chi connectivity index (χ1) is 15.6. The van der Waals surface area contributed by atoms with Crippen LogP contribution in [0.25, 0.3) is 11.4 Å². The largest absolute Gasteiger partial charge is 0.497 e. The molecule has 0 spiro atoms. The lowest BCUT2D eigenvalue weighted by Crippen LogP contribution is -2.24. The van der Waals surface area contributed by atoms with Crippen LogP contribution in [-0.4, -0.2) is 33.5 Å². The summed E-state index contributed by atoms with van der Waals surface area (Å²) in [5.74, 6) is 1.87. The number of benzene rings is 2. The molecule has 2 heterocycles. The van der Waals surface area contributed by atoms with Gasteiger partial charge in [-0.1, -0.05) is 23.9 Å². The molecule has 0 bridgehead atoms. The Hall–Kier alpha value is -3.59. The molecule has 2 aromatic heterocycles. The molecule has 9 heteroatoms. The highest BCUT2D eigenvalue weighted by Gasteiger charge is 2.17. The number of amides is 1. The van der Waals surface area contributed by atoms with E-state index in [9.17, 15) is 9.18 Å². The number of hydrogen-bond donors (Lipinski definition) is 1. The molecule has 2 aromatic carbocycles. The number of methoxy groups -OCH3 is 1. The minimum atomic E-state index is -0.306. The second kappa shape index (κ2) is 10.1.